The number of nitrogens with one attached hydrogen (secondary N) is 2. The molecule has 0 atom stereocenters. The van der Waals surface area contributed by atoms with Crippen molar-refractivity contribution in [2.75, 3.05) is 17.2 Å². The number of anilines is 2. The summed E-state index contributed by atoms with van der Waals surface area (Å²) in [6.45, 7) is 5.91. The average Bonchev–Trinajstić information content (AvgIpc) is 2.54. The van der Waals surface area contributed by atoms with Crippen LogP contribution in [0.1, 0.15) is 30.9 Å². The summed E-state index contributed by atoms with van der Waals surface area (Å²) >= 11 is 0. The van der Waals surface area contributed by atoms with Gasteiger partial charge < -0.3 is 10.6 Å². The first-order chi connectivity index (χ1) is 11.4. The molecule has 0 bridgehead atoms. The second-order valence-corrected chi connectivity index (χ2v) is 5.89. The van der Waals surface area contributed by atoms with E-state index in [1.165, 1.54) is 11.6 Å². The molecule has 0 aromatic heterocycles. The Hall–Kier alpha value is -2.89. The molecular formula is C18H21N3O3. The quantitative estimate of drug-likeness (QED) is 0.618. The molecule has 6 nitrogen and oxygen atoms in total. The third-order valence-corrected chi connectivity index (χ3v) is 3.80. The number of rotatable bonds is 6. The van der Waals surface area contributed by atoms with Gasteiger partial charge in [-0.05, 0) is 36.6 Å². The van der Waals surface area contributed by atoms with Gasteiger partial charge in [-0.3, -0.25) is 14.9 Å². The van der Waals surface area contributed by atoms with Crippen LogP contribution in [0.5, 0.6) is 0 Å². The minimum absolute atomic E-state index is 0.0321. The fourth-order valence-corrected chi connectivity index (χ4v) is 2.34. The number of carbonyl (C=O) groups excluding carboxylic acids is 1. The molecule has 0 radical (unpaired) electrons. The number of benzene rings is 2. The maximum absolute atomic E-state index is 12.0. The number of amides is 1. The standard InChI is InChI=1S/C18H21N3O3/c1-12(2)14-7-9-15(10-8-14)20-18(22)11-19-16-5-4-6-17(13(16)3)21(23)24/h4-10,12,19H,11H2,1-3H3,(H,20,22). The maximum Gasteiger partial charge on any atom is 0.274 e. The average molecular weight is 327 g/mol. The van der Waals surface area contributed by atoms with Crippen molar-refractivity contribution in [2.24, 2.45) is 0 Å². The van der Waals surface area contributed by atoms with Gasteiger partial charge in [0.2, 0.25) is 5.91 Å². The lowest BCUT2D eigenvalue weighted by Crippen LogP contribution is -2.22. The van der Waals surface area contributed by atoms with Crippen molar-refractivity contribution in [1.82, 2.24) is 0 Å². The molecule has 2 N–H and O–H groups in total. The lowest BCUT2D eigenvalue weighted by molar-refractivity contribution is -0.385. The molecule has 1 amide bonds. The van der Waals surface area contributed by atoms with Gasteiger partial charge in [0.25, 0.3) is 5.69 Å². The fourth-order valence-electron chi connectivity index (χ4n) is 2.34. The van der Waals surface area contributed by atoms with Gasteiger partial charge in [-0.1, -0.05) is 32.0 Å². The monoisotopic (exact) mass is 327 g/mol. The third kappa shape index (κ3) is 4.32. The van der Waals surface area contributed by atoms with E-state index in [9.17, 15) is 14.9 Å². The topological polar surface area (TPSA) is 84.3 Å². The van der Waals surface area contributed by atoms with Gasteiger partial charge in [-0.15, -0.1) is 0 Å². The molecule has 0 aliphatic heterocycles. The zero-order chi connectivity index (χ0) is 17.7. The van der Waals surface area contributed by atoms with Gasteiger partial charge in [0, 0.05) is 23.0 Å². The van der Waals surface area contributed by atoms with Crippen LogP contribution in [0.2, 0.25) is 0 Å². The summed E-state index contributed by atoms with van der Waals surface area (Å²) in [5, 5.41) is 16.7. The highest BCUT2D eigenvalue weighted by molar-refractivity contribution is 5.93. The number of nitro groups is 1. The summed E-state index contributed by atoms with van der Waals surface area (Å²) in [6.07, 6.45) is 0. The van der Waals surface area contributed by atoms with Gasteiger partial charge in [0.05, 0.1) is 11.5 Å². The summed E-state index contributed by atoms with van der Waals surface area (Å²) < 4.78 is 0. The number of hydrogen-bond acceptors (Lipinski definition) is 4. The van der Waals surface area contributed by atoms with E-state index in [4.69, 9.17) is 0 Å². The van der Waals surface area contributed by atoms with E-state index >= 15 is 0 Å². The Balaban J connectivity index is 1.96. The van der Waals surface area contributed by atoms with Crippen LogP contribution in [0, 0.1) is 17.0 Å². The molecule has 0 fully saturated rings. The lowest BCUT2D eigenvalue weighted by atomic mass is 10.0. The Kier molecular flexibility index (Phi) is 5.52. The lowest BCUT2D eigenvalue weighted by Gasteiger charge is -2.11. The fraction of sp³-hybridized carbons (Fsp3) is 0.278. The van der Waals surface area contributed by atoms with E-state index in [0.717, 1.165) is 5.69 Å². The van der Waals surface area contributed by atoms with E-state index in [0.29, 0.717) is 17.2 Å². The van der Waals surface area contributed by atoms with Crippen LogP contribution >= 0.6 is 0 Å². The first kappa shape index (κ1) is 17.5. The zero-order valence-corrected chi connectivity index (χ0v) is 14.0. The molecule has 0 aliphatic rings. The van der Waals surface area contributed by atoms with Crippen LogP contribution in [0.25, 0.3) is 0 Å². The van der Waals surface area contributed by atoms with Crippen molar-refractivity contribution in [2.45, 2.75) is 26.7 Å². The Morgan fingerprint density at radius 2 is 1.83 bits per heavy atom. The van der Waals surface area contributed by atoms with Crippen molar-refractivity contribution in [3.8, 4) is 0 Å². The molecule has 2 aromatic rings. The first-order valence-corrected chi connectivity index (χ1v) is 7.76. The van der Waals surface area contributed by atoms with Crippen molar-refractivity contribution >= 4 is 23.0 Å². The molecule has 126 valence electrons. The van der Waals surface area contributed by atoms with Crippen LogP contribution in [0.15, 0.2) is 42.5 Å². The van der Waals surface area contributed by atoms with E-state index in [-0.39, 0.29) is 18.1 Å². The van der Waals surface area contributed by atoms with Crippen LogP contribution in [-0.2, 0) is 4.79 Å². The van der Waals surface area contributed by atoms with Crippen LogP contribution in [0.3, 0.4) is 0 Å². The highest BCUT2D eigenvalue weighted by Crippen LogP contribution is 2.24. The van der Waals surface area contributed by atoms with Crippen LogP contribution < -0.4 is 10.6 Å². The molecule has 0 unspecified atom stereocenters. The molecule has 0 heterocycles. The summed E-state index contributed by atoms with van der Waals surface area (Å²) in [6, 6.07) is 12.5. The van der Waals surface area contributed by atoms with Crippen molar-refractivity contribution in [1.29, 1.82) is 0 Å². The Bertz CT molecular complexity index is 740. The largest absolute Gasteiger partial charge is 0.376 e. The second-order valence-electron chi connectivity index (χ2n) is 5.89. The minimum atomic E-state index is -0.434. The number of nitro benzene ring substituents is 1. The molecule has 0 saturated carbocycles. The predicted octanol–water partition coefficient (Wildman–Crippen LogP) is 4.08. The molecular weight excluding hydrogens is 306 g/mol. The summed E-state index contributed by atoms with van der Waals surface area (Å²) in [4.78, 5) is 22.5. The predicted molar refractivity (Wildman–Crippen MR) is 95.5 cm³/mol. The maximum atomic E-state index is 12.0. The highest BCUT2D eigenvalue weighted by atomic mass is 16.6. The van der Waals surface area contributed by atoms with Gasteiger partial charge in [-0.2, -0.15) is 0 Å². The van der Waals surface area contributed by atoms with E-state index in [2.05, 4.69) is 24.5 Å². The molecule has 0 spiro atoms. The Labute approximate surface area is 141 Å². The van der Waals surface area contributed by atoms with Crippen molar-refractivity contribution in [3.05, 3.63) is 63.7 Å². The summed E-state index contributed by atoms with van der Waals surface area (Å²) in [7, 11) is 0. The van der Waals surface area contributed by atoms with Gasteiger partial charge >= 0.3 is 0 Å². The number of hydrogen-bond donors (Lipinski definition) is 2. The second kappa shape index (κ2) is 7.59. The van der Waals surface area contributed by atoms with Gasteiger partial charge in [0.15, 0.2) is 0 Å². The van der Waals surface area contributed by atoms with Crippen molar-refractivity contribution < 1.29 is 9.72 Å². The smallest absolute Gasteiger partial charge is 0.274 e. The summed E-state index contributed by atoms with van der Waals surface area (Å²) in [5.74, 6) is 0.228. The van der Waals surface area contributed by atoms with Gasteiger partial charge in [0.1, 0.15) is 0 Å². The third-order valence-electron chi connectivity index (χ3n) is 3.80. The molecule has 0 saturated heterocycles. The van der Waals surface area contributed by atoms with Crippen LogP contribution in [0.4, 0.5) is 17.1 Å². The molecule has 2 rings (SSSR count). The Morgan fingerprint density at radius 1 is 1.17 bits per heavy atom. The van der Waals surface area contributed by atoms with E-state index in [1.807, 2.05) is 24.3 Å². The molecule has 6 heteroatoms. The Morgan fingerprint density at radius 3 is 2.42 bits per heavy atom. The minimum Gasteiger partial charge on any atom is -0.376 e. The molecule has 2 aromatic carbocycles. The zero-order valence-electron chi connectivity index (χ0n) is 14.0. The van der Waals surface area contributed by atoms with Crippen molar-refractivity contribution in [3.63, 3.8) is 0 Å². The normalized spacial score (nSPS) is 10.5. The van der Waals surface area contributed by atoms with Crippen LogP contribution in [-0.4, -0.2) is 17.4 Å². The molecule has 24 heavy (non-hydrogen) atoms. The number of nitrogens with zero attached hydrogens (tertiary/aromatic N) is 1. The number of carbonyl (C=O) groups is 1. The van der Waals surface area contributed by atoms with Gasteiger partial charge in [-0.25, -0.2) is 0 Å². The SMILES string of the molecule is Cc1c(NCC(=O)Nc2ccc(C(C)C)cc2)cccc1[N+](=O)[O-]. The van der Waals surface area contributed by atoms with E-state index in [1.54, 1.807) is 19.1 Å². The highest BCUT2D eigenvalue weighted by Gasteiger charge is 2.13. The summed E-state index contributed by atoms with van der Waals surface area (Å²) in [5.41, 5.74) is 3.05. The first-order valence-electron chi connectivity index (χ1n) is 7.76. The molecule has 0 aliphatic carbocycles. The van der Waals surface area contributed by atoms with E-state index < -0.39 is 4.92 Å².